The molecule has 176 valence electrons. The minimum Gasteiger partial charge on any atom is -0.619 e. The molecule has 1 aliphatic heterocycles. The average molecular weight is 500 g/mol. The van der Waals surface area contributed by atoms with Gasteiger partial charge in [0.2, 0.25) is 0 Å². The lowest BCUT2D eigenvalue weighted by Crippen LogP contribution is -2.30. The second kappa shape index (κ2) is 8.41. The van der Waals surface area contributed by atoms with E-state index in [1.807, 2.05) is 20.8 Å². The van der Waals surface area contributed by atoms with Crippen LogP contribution in [0.2, 0.25) is 5.02 Å². The summed E-state index contributed by atoms with van der Waals surface area (Å²) in [7, 11) is -4.04. The van der Waals surface area contributed by atoms with Crippen LogP contribution in [0.3, 0.4) is 0 Å². The number of benzene rings is 2. The van der Waals surface area contributed by atoms with E-state index >= 15 is 0 Å². The zero-order chi connectivity index (χ0) is 24.8. The Morgan fingerprint density at radius 1 is 0.941 bits per heavy atom. The molecule has 0 bridgehead atoms. The van der Waals surface area contributed by atoms with E-state index in [0.717, 1.165) is 10.5 Å². The largest absolute Gasteiger partial charge is 0.619 e. The van der Waals surface area contributed by atoms with Gasteiger partial charge in [0.05, 0.1) is 33.3 Å². The Morgan fingerprint density at radius 3 is 2.12 bits per heavy atom. The highest BCUT2D eigenvalue weighted by atomic mass is 35.5. The summed E-state index contributed by atoms with van der Waals surface area (Å²) in [5, 5.41) is 11.3. The molecule has 0 unspecified atom stereocenters. The van der Waals surface area contributed by atoms with Crippen molar-refractivity contribution in [1.29, 1.82) is 0 Å². The van der Waals surface area contributed by atoms with Crippen molar-refractivity contribution in [3.8, 4) is 0 Å². The van der Waals surface area contributed by atoms with Gasteiger partial charge in [0.1, 0.15) is 0 Å². The normalized spacial score (nSPS) is 13.8. The molecule has 0 fully saturated rings. The van der Waals surface area contributed by atoms with Crippen LogP contribution in [0, 0.1) is 5.21 Å². The molecule has 3 aromatic rings. The summed E-state index contributed by atoms with van der Waals surface area (Å²) in [5.41, 5.74) is 1.17. The molecule has 34 heavy (non-hydrogen) atoms. The Labute approximate surface area is 202 Å². The van der Waals surface area contributed by atoms with Crippen LogP contribution in [0.5, 0.6) is 0 Å². The maximum Gasteiger partial charge on any atom is 0.264 e. The molecule has 2 amide bonds. The maximum absolute atomic E-state index is 13.2. The fraction of sp³-hybridized carbons (Fsp3) is 0.208. The van der Waals surface area contributed by atoms with Gasteiger partial charge >= 0.3 is 0 Å². The minimum absolute atomic E-state index is 0.0213. The van der Waals surface area contributed by atoms with Gasteiger partial charge in [-0.3, -0.25) is 19.2 Å². The first-order chi connectivity index (χ1) is 15.9. The van der Waals surface area contributed by atoms with E-state index in [-0.39, 0.29) is 38.7 Å². The summed E-state index contributed by atoms with van der Waals surface area (Å²) in [6.45, 7) is 5.97. The van der Waals surface area contributed by atoms with Gasteiger partial charge in [0.15, 0.2) is 12.4 Å². The molecule has 0 radical (unpaired) electrons. The van der Waals surface area contributed by atoms with Gasteiger partial charge in [-0.25, -0.2) is 8.42 Å². The summed E-state index contributed by atoms with van der Waals surface area (Å²) >= 11 is 6.22. The summed E-state index contributed by atoms with van der Waals surface area (Å²) in [4.78, 5) is 27.2. The fourth-order valence-electron chi connectivity index (χ4n) is 3.67. The Morgan fingerprint density at radius 2 is 1.53 bits per heavy atom. The topological polar surface area (TPSA) is 110 Å². The van der Waals surface area contributed by atoms with E-state index in [9.17, 15) is 23.2 Å². The third-order valence-corrected chi connectivity index (χ3v) is 7.26. The smallest absolute Gasteiger partial charge is 0.264 e. The number of carbonyl (C=O) groups excluding carboxylic acids is 2. The van der Waals surface area contributed by atoms with Crippen molar-refractivity contribution in [3.63, 3.8) is 0 Å². The van der Waals surface area contributed by atoms with E-state index in [4.69, 9.17) is 11.6 Å². The summed E-state index contributed by atoms with van der Waals surface area (Å²) < 4.78 is 29.1. The Bertz CT molecular complexity index is 1400. The minimum atomic E-state index is -4.04. The van der Waals surface area contributed by atoms with Crippen LogP contribution in [0.4, 0.5) is 5.69 Å². The van der Waals surface area contributed by atoms with Gasteiger partial charge in [0, 0.05) is 12.1 Å². The second-order valence-electron chi connectivity index (χ2n) is 8.99. The van der Waals surface area contributed by atoms with Crippen molar-refractivity contribution < 1.29 is 22.7 Å². The first kappa shape index (κ1) is 23.7. The zero-order valence-electron chi connectivity index (χ0n) is 18.7. The number of rotatable bonds is 5. The number of hydrogen-bond acceptors (Lipinski definition) is 5. The maximum atomic E-state index is 13.2. The predicted octanol–water partition coefficient (Wildman–Crippen LogP) is 3.87. The van der Waals surface area contributed by atoms with E-state index < -0.39 is 21.8 Å². The highest BCUT2D eigenvalue weighted by molar-refractivity contribution is 7.92. The van der Waals surface area contributed by atoms with Crippen molar-refractivity contribution >= 4 is 39.1 Å². The molecule has 4 rings (SSSR count). The van der Waals surface area contributed by atoms with Crippen LogP contribution in [0.1, 0.15) is 52.6 Å². The number of amides is 2. The third kappa shape index (κ3) is 4.36. The summed E-state index contributed by atoms with van der Waals surface area (Å²) in [5.74, 6) is -1.32. The van der Waals surface area contributed by atoms with Crippen molar-refractivity contribution in [2.75, 3.05) is 4.72 Å². The summed E-state index contributed by atoms with van der Waals surface area (Å²) in [6, 6.07) is 12.2. The Kier molecular flexibility index (Phi) is 5.87. The lowest BCUT2D eigenvalue weighted by atomic mass is 9.87. The van der Waals surface area contributed by atoms with Gasteiger partial charge in [-0.2, -0.15) is 4.73 Å². The predicted molar refractivity (Wildman–Crippen MR) is 127 cm³/mol. The van der Waals surface area contributed by atoms with E-state index in [1.165, 1.54) is 48.8 Å². The molecule has 0 spiro atoms. The van der Waals surface area contributed by atoms with Crippen molar-refractivity contribution in [2.24, 2.45) is 0 Å². The molecule has 2 aromatic carbocycles. The van der Waals surface area contributed by atoms with Crippen molar-refractivity contribution in [1.82, 2.24) is 4.90 Å². The molecule has 2 heterocycles. The molecular weight excluding hydrogens is 478 g/mol. The number of nitrogens with one attached hydrogen (secondary N) is 1. The third-order valence-electron chi connectivity index (χ3n) is 5.56. The number of carbonyl (C=O) groups is 2. The molecule has 0 saturated heterocycles. The van der Waals surface area contributed by atoms with E-state index in [1.54, 1.807) is 12.1 Å². The molecule has 0 saturated carbocycles. The number of pyridine rings is 1. The Balaban J connectivity index is 1.67. The van der Waals surface area contributed by atoms with Gasteiger partial charge < -0.3 is 5.21 Å². The first-order valence-corrected chi connectivity index (χ1v) is 12.2. The highest BCUT2D eigenvalue weighted by Gasteiger charge is 2.40. The quantitative estimate of drug-likeness (QED) is 0.325. The van der Waals surface area contributed by atoms with E-state index in [2.05, 4.69) is 4.72 Å². The van der Waals surface area contributed by atoms with Gasteiger partial charge in [-0.05, 0) is 40.8 Å². The highest BCUT2D eigenvalue weighted by Crippen LogP contribution is 2.36. The van der Waals surface area contributed by atoms with Crippen LogP contribution >= 0.6 is 11.6 Å². The average Bonchev–Trinajstić information content (AvgIpc) is 3.02. The van der Waals surface area contributed by atoms with Gasteiger partial charge in [-0.1, -0.05) is 44.5 Å². The lowest BCUT2D eigenvalue weighted by Gasteiger charge is -2.19. The standard InChI is InChI=1S/C24H22ClN3O5S/c1-24(2,3)16-4-6-17(7-5-16)34(32,33)26-19-9-8-18(25)20-21(19)23(30)28(22(20)29)14-15-10-12-27(31)13-11-15/h4-13,26H,14H2,1-3H3. The molecule has 0 aliphatic carbocycles. The first-order valence-electron chi connectivity index (χ1n) is 10.4. The molecule has 1 N–H and O–H groups in total. The number of imide groups is 1. The molecule has 8 nitrogen and oxygen atoms in total. The monoisotopic (exact) mass is 499 g/mol. The molecule has 1 aliphatic rings. The number of aromatic nitrogens is 1. The summed E-state index contributed by atoms with van der Waals surface area (Å²) in [6.07, 6.45) is 2.51. The number of nitrogens with zero attached hydrogens (tertiary/aromatic N) is 2. The van der Waals surface area contributed by atoms with Crippen LogP contribution in [-0.4, -0.2) is 25.1 Å². The molecule has 0 atom stereocenters. The zero-order valence-corrected chi connectivity index (χ0v) is 20.3. The molecule has 1 aromatic heterocycles. The second-order valence-corrected chi connectivity index (χ2v) is 11.1. The van der Waals surface area contributed by atoms with Gasteiger partial charge in [0.25, 0.3) is 21.8 Å². The number of sulfonamides is 1. The molecule has 10 heteroatoms. The Hall–Kier alpha value is -3.43. The SMILES string of the molecule is CC(C)(C)c1ccc(S(=O)(=O)Nc2ccc(Cl)c3c2C(=O)N(Cc2cc[n+]([O-])cc2)C3=O)cc1. The van der Waals surface area contributed by atoms with Crippen molar-refractivity contribution in [3.05, 3.63) is 93.4 Å². The number of fused-ring (bicyclic) bond motifs is 1. The van der Waals surface area contributed by atoms with E-state index in [0.29, 0.717) is 10.3 Å². The lowest BCUT2D eigenvalue weighted by molar-refractivity contribution is -0.605. The fourth-order valence-corrected chi connectivity index (χ4v) is 4.98. The van der Waals surface area contributed by atoms with Crippen LogP contribution in [-0.2, 0) is 22.0 Å². The van der Waals surface area contributed by atoms with Crippen molar-refractivity contribution in [2.45, 2.75) is 37.6 Å². The number of anilines is 1. The van der Waals surface area contributed by atoms with Gasteiger partial charge in [-0.15, -0.1) is 0 Å². The molecular formula is C24H22ClN3O5S. The van der Waals surface area contributed by atoms with Crippen LogP contribution in [0.15, 0.2) is 65.8 Å². The van der Waals surface area contributed by atoms with Crippen LogP contribution < -0.4 is 9.45 Å². The van der Waals surface area contributed by atoms with Crippen LogP contribution in [0.25, 0.3) is 0 Å². The number of hydrogen-bond donors (Lipinski definition) is 1. The number of halogens is 1.